The Morgan fingerprint density at radius 2 is 1.36 bits per heavy atom. The van der Waals surface area contributed by atoms with E-state index in [-0.39, 0.29) is 106 Å². The van der Waals surface area contributed by atoms with Crippen molar-refractivity contribution < 1.29 is 98.7 Å². The van der Waals surface area contributed by atoms with Gasteiger partial charge in [0, 0.05) is 148 Å². The normalized spacial score (nSPS) is 33.1. The van der Waals surface area contributed by atoms with E-state index in [1.807, 2.05) is 93.5 Å². The largest absolute Gasteiger partial charge is 0.756 e. The summed E-state index contributed by atoms with van der Waals surface area (Å²) in [5.41, 5.74) is 43.7. The number of primary amides is 6. The minimum atomic E-state index is -5.32. The quantitative estimate of drug-likeness (QED) is 0.0358. The molecule has 1 radical (unpaired) electrons. The zero-order valence-electron chi connectivity index (χ0n) is 63.8. The molecule has 605 valence electrons. The third-order valence-corrected chi connectivity index (χ3v) is 25.0. The van der Waals surface area contributed by atoms with Crippen molar-refractivity contribution in [2.24, 2.45) is 94.7 Å². The van der Waals surface area contributed by atoms with Gasteiger partial charge in [0.15, 0.2) is 23.9 Å². The molecule has 7 aliphatic rings. The second kappa shape index (κ2) is 33.1. The minimum absolute atomic E-state index is 0. The number of hydrogen-bond acceptors (Lipinski definition) is 27. The van der Waals surface area contributed by atoms with Crippen molar-refractivity contribution in [1.29, 1.82) is 5.26 Å². The molecule has 36 nitrogen and oxygen atoms in total. The van der Waals surface area contributed by atoms with E-state index in [0.29, 0.717) is 67.6 Å². The Labute approximate surface area is 651 Å². The number of aliphatic imine (C=N–C) groups is 3. The number of anilines is 1. The van der Waals surface area contributed by atoms with Gasteiger partial charge < -0.3 is 99.2 Å². The maximum Gasteiger partial charge on any atom is 0.268 e. The third kappa shape index (κ3) is 16.7. The average molecular weight is 1610 g/mol. The summed E-state index contributed by atoms with van der Waals surface area (Å²) in [5, 5.41) is 56.7. The Hall–Kier alpha value is -8.77. The Morgan fingerprint density at radius 3 is 1.97 bits per heavy atom. The molecule has 8 bridgehead atoms. The number of allylic oxidation sites excluding steroid dienone is 6. The van der Waals surface area contributed by atoms with Crippen LogP contribution in [-0.2, 0) is 73.4 Å². The number of nitrogens with two attached hydrogens (primary N) is 7. The molecule has 5 unspecified atom stereocenters. The fourth-order valence-corrected chi connectivity index (χ4v) is 18.8. The minimum Gasteiger partial charge on any atom is -0.756 e. The van der Waals surface area contributed by atoms with Crippen LogP contribution < -0.4 is 55.7 Å². The number of aryl methyl sites for hydroxylation is 2. The number of aromatic nitrogens is 6. The summed E-state index contributed by atoms with van der Waals surface area (Å²) < 4.78 is 38.9. The molecule has 0 aliphatic carbocycles. The first kappa shape index (κ1) is 86.2. The number of hydrogen-bond donors (Lipinski definition) is 13. The molecular weight excluding hydrogens is 1500 g/mol. The number of phosphoric acid groups is 1. The summed E-state index contributed by atoms with van der Waals surface area (Å²) in [6, 6.07) is 4.57. The fourth-order valence-electron chi connectivity index (χ4n) is 17.7. The predicted molar refractivity (Wildman–Crippen MR) is 397 cm³/mol. The van der Waals surface area contributed by atoms with E-state index in [9.17, 15) is 63.4 Å². The van der Waals surface area contributed by atoms with Crippen molar-refractivity contribution in [3.05, 3.63) is 76.6 Å². The van der Waals surface area contributed by atoms with Crippen LogP contribution in [0.15, 0.2) is 80.4 Å². The van der Waals surface area contributed by atoms with Crippen LogP contribution in [0.5, 0.6) is 0 Å². The third-order valence-electron chi connectivity index (χ3n) is 23.9. The van der Waals surface area contributed by atoms with Gasteiger partial charge in [0.1, 0.15) is 48.5 Å². The number of aliphatic hydroxyl groups excluding tert-OH is 4. The van der Waals surface area contributed by atoms with Crippen molar-refractivity contribution in [3.63, 3.8) is 0 Å². The number of ether oxygens (including phenoxy) is 2. The number of phosphoric ester groups is 1. The van der Waals surface area contributed by atoms with Crippen LogP contribution in [0, 0.1) is 70.5 Å². The molecule has 19 atom stereocenters. The van der Waals surface area contributed by atoms with Gasteiger partial charge in [0.2, 0.25) is 41.4 Å². The molecule has 3 fully saturated rings. The number of nitriles is 1. The van der Waals surface area contributed by atoms with Gasteiger partial charge >= 0.3 is 0 Å². The van der Waals surface area contributed by atoms with Gasteiger partial charge in [-0.1, -0.05) is 34.6 Å². The van der Waals surface area contributed by atoms with Crippen LogP contribution in [0.4, 0.5) is 5.82 Å². The summed E-state index contributed by atoms with van der Waals surface area (Å²) >= 11 is 0. The molecule has 0 saturated carbocycles. The van der Waals surface area contributed by atoms with Gasteiger partial charge in [-0.05, 0) is 108 Å². The number of rotatable bonds is 28. The van der Waals surface area contributed by atoms with Gasteiger partial charge in [-0.3, -0.25) is 57.7 Å². The molecule has 1 aromatic carbocycles. The standard InChI is InChI=1S/C62H90N13O14P.C11H12N6O3.Co/c1-29-20-39-40(21-30(29)2)75(28-70-39)57-52(84)53(41(27-76)87-57)89-90(85,86)88-31(3)26-69-49(83)18-19-59(8)37(22-46(66)80)56-62(11)61(10,25-48(68)82)36(14-17-45(65)79)51(74-62)33(5)55-60(9,24-47(67)81)34(12-15-43(63)77)38(71-55)23-42-58(6,7)35(13-16-44(64)78)50(72-42)32(4)54(59)73-56;12-2-1-5-7(18)8(19)11(20-5)17-4-16-6-9(13)14-3-15-10(6)17;/h20-21,23,28,31,34-37,41,52-53,56-57,71,76,84H,12-19,22,24-27H2,1-11H3,(H2,63,77)(H2,64,78)(H2,65,79)(H2,66,80)(H2,67,81)(H2,68,82)(H,69,83)(H,85,86);3-5,7-8,11,18-19H,1H2,(H2,13,14,15);/p-1/b38-23-,50-32-,55-33-;;/t31?,34-,35-,36-,37?,41-,52-,53+,56?,57+,59-,60+,61+,62?;5-,7-,8-,11-;/m11./s1. The van der Waals surface area contributed by atoms with Crippen LogP contribution in [0.2, 0.25) is 0 Å². The zero-order chi connectivity index (χ0) is 81.0. The molecule has 20 N–H and O–H groups in total. The first-order chi connectivity index (χ1) is 51.5. The van der Waals surface area contributed by atoms with E-state index in [2.05, 4.69) is 30.6 Å². The molecule has 7 amide bonds. The van der Waals surface area contributed by atoms with Crippen molar-refractivity contribution in [1.82, 2.24) is 39.7 Å². The average Bonchev–Trinajstić information content (AvgIpc) is 1.53. The Bertz CT molecular complexity index is 4650. The van der Waals surface area contributed by atoms with Gasteiger partial charge in [0.05, 0.1) is 60.5 Å². The Kier molecular flexibility index (Phi) is 25.7. The maximum absolute atomic E-state index is 14.4. The molecular formula is C73H101CoN19O17P-. The second-order valence-corrected chi connectivity index (χ2v) is 32.9. The number of nitrogens with one attached hydrogen (secondary N) is 2. The maximum atomic E-state index is 14.4. The molecule has 11 rings (SSSR count). The van der Waals surface area contributed by atoms with Crippen LogP contribution >= 0.6 is 7.82 Å². The van der Waals surface area contributed by atoms with Crippen LogP contribution in [0.25, 0.3) is 22.2 Å². The number of imidazole rings is 2. The molecule has 10 heterocycles. The smallest absolute Gasteiger partial charge is 0.268 e. The molecule has 3 saturated heterocycles. The molecule has 7 aliphatic heterocycles. The topological polar surface area (TPSA) is 606 Å². The number of benzene rings is 1. The summed E-state index contributed by atoms with van der Waals surface area (Å²) in [7, 11) is -5.32. The number of nitrogen functional groups attached to an aromatic ring is 1. The number of nitrogens with zero attached hydrogens (tertiary/aromatic N) is 10. The van der Waals surface area contributed by atoms with E-state index in [0.717, 1.165) is 11.1 Å². The van der Waals surface area contributed by atoms with Crippen molar-refractivity contribution in [3.8, 4) is 6.07 Å². The van der Waals surface area contributed by atoms with Gasteiger partial charge in [-0.25, -0.2) is 19.9 Å². The SMILES string of the molecule is C/C1=C2N=C(/C=C3\N/C(=C(/C)C4=NC(C)(C5N=C1[C@](C)(CCC(=O)NCC(C)OP(=O)([O-])O[C@@H]1[C@@H](O)[C@@H](n6cnc7cc(C)c(C)cc76)O[C@@H]1CO)C5CC(N)=O)[C@@](C)(CC(N)=O)[C@@H]4CCC(N)=O)[C@@](C)(CC(N)=O)[C@@H]3CCC(N)=O)C(C)(C)[C@@H]/2CCC(N)=O.N#CC[C@H]1O[C@@H](n2cnc3c(N)ncnc32)[C@H](O)[C@@H]1O.[Co]. The van der Waals surface area contributed by atoms with E-state index >= 15 is 0 Å². The van der Waals surface area contributed by atoms with Crippen LogP contribution in [0.3, 0.4) is 0 Å². The number of amides is 7. The summed E-state index contributed by atoms with van der Waals surface area (Å²) in [6.07, 6.45) is -5.85. The van der Waals surface area contributed by atoms with Crippen molar-refractivity contribution in [2.45, 2.75) is 220 Å². The van der Waals surface area contributed by atoms with Gasteiger partial charge in [-0.15, -0.1) is 0 Å². The first-order valence-electron chi connectivity index (χ1n) is 36.5. The summed E-state index contributed by atoms with van der Waals surface area (Å²) in [5.74, 6) is -7.02. The summed E-state index contributed by atoms with van der Waals surface area (Å²) in [4.78, 5) is 140. The summed E-state index contributed by atoms with van der Waals surface area (Å²) in [6.45, 7) is 19.1. The number of aliphatic hydroxyl groups is 4. The second-order valence-electron chi connectivity index (χ2n) is 31.6. The molecule has 4 aromatic rings. The van der Waals surface area contributed by atoms with E-state index in [1.54, 1.807) is 0 Å². The zero-order valence-corrected chi connectivity index (χ0v) is 65.8. The van der Waals surface area contributed by atoms with E-state index in [4.69, 9.17) is 78.9 Å². The number of fused-ring (bicyclic) bond motifs is 8. The fraction of sp³-hybridized carbons (Fsp3) is 0.603. The van der Waals surface area contributed by atoms with Crippen LogP contribution in [-0.4, -0.2) is 175 Å². The molecule has 3 aromatic heterocycles. The molecule has 111 heavy (non-hydrogen) atoms. The Morgan fingerprint density at radius 1 is 0.757 bits per heavy atom. The predicted octanol–water partition coefficient (Wildman–Crippen LogP) is 1.47. The van der Waals surface area contributed by atoms with Crippen LogP contribution in [0.1, 0.15) is 163 Å². The number of carbonyl (C=O) groups excluding carboxylic acids is 7. The van der Waals surface area contributed by atoms with E-state index < -0.39 is 168 Å². The van der Waals surface area contributed by atoms with Gasteiger partial charge in [0.25, 0.3) is 7.82 Å². The van der Waals surface area contributed by atoms with E-state index in [1.165, 1.54) is 35.0 Å². The molecule has 0 spiro atoms. The monoisotopic (exact) mass is 1610 g/mol. The number of carbonyl (C=O) groups is 7. The Balaban J connectivity index is 0.000000578. The van der Waals surface area contributed by atoms with Crippen molar-refractivity contribution in [2.75, 3.05) is 18.9 Å². The van der Waals surface area contributed by atoms with Crippen molar-refractivity contribution >= 4 is 94.3 Å². The van der Waals surface area contributed by atoms with Gasteiger partial charge in [-0.2, -0.15) is 5.26 Å². The first-order valence-corrected chi connectivity index (χ1v) is 38.0. The molecule has 38 heteroatoms.